The number of esters is 1. The van der Waals surface area contributed by atoms with E-state index in [4.69, 9.17) is 57.2 Å². The number of rotatable bonds is 46. The summed E-state index contributed by atoms with van der Waals surface area (Å²) in [6, 6.07) is 0. The molecule has 14 heteroatoms. The minimum atomic E-state index is -0.861. The molecule has 0 amide bonds. The van der Waals surface area contributed by atoms with Gasteiger partial charge in [0.05, 0.1) is 126 Å². The average Bonchev–Trinajstić information content (AvgIpc) is 3.14. The van der Waals surface area contributed by atoms with E-state index >= 15 is 0 Å². The van der Waals surface area contributed by atoms with Crippen molar-refractivity contribution >= 4 is 11.9 Å². The Balaban J connectivity index is 3.09. The van der Waals surface area contributed by atoms with Crippen molar-refractivity contribution in [3.63, 3.8) is 0 Å². The summed E-state index contributed by atoms with van der Waals surface area (Å²) in [5, 5.41) is 8.56. The lowest BCUT2D eigenvalue weighted by molar-refractivity contribution is -0.146. The fraction of sp³-hybridized carbons (Fsp3) is 0.947. The van der Waals surface area contributed by atoms with Gasteiger partial charge in [-0.2, -0.15) is 0 Å². The van der Waals surface area contributed by atoms with Gasteiger partial charge in [-0.05, 0) is 19.3 Å². The highest BCUT2D eigenvalue weighted by Gasteiger charge is 2.04. The molecule has 0 unspecified atom stereocenters. The maximum atomic E-state index is 11.5. The Labute approximate surface area is 314 Å². The van der Waals surface area contributed by atoms with Crippen LogP contribution in [0.25, 0.3) is 0 Å². The topological polar surface area (TPSA) is 156 Å². The molecule has 0 bridgehead atoms. The SMILES string of the molecule is CCCCCCCCCCCCOCCOCCOCCOCCOCCOCCOCCOCCOCCOCCOC(=O)CCCCC(=O)O. The molecule has 0 radical (unpaired) electrons. The number of unbranched alkanes of at least 4 members (excludes halogenated alkanes) is 10. The molecule has 0 atom stereocenters. The molecule has 0 rings (SSSR count). The Kier molecular flexibility index (Phi) is 44.4. The zero-order valence-electron chi connectivity index (χ0n) is 32.5. The average molecular weight is 755 g/mol. The molecule has 0 heterocycles. The van der Waals surface area contributed by atoms with Crippen LogP contribution < -0.4 is 0 Å². The van der Waals surface area contributed by atoms with Gasteiger partial charge in [0.25, 0.3) is 0 Å². The predicted molar refractivity (Wildman–Crippen MR) is 197 cm³/mol. The van der Waals surface area contributed by atoms with Crippen LogP contribution >= 0.6 is 0 Å². The van der Waals surface area contributed by atoms with Gasteiger partial charge in [-0.15, -0.1) is 0 Å². The molecule has 14 nitrogen and oxygen atoms in total. The number of carboxylic acids is 1. The van der Waals surface area contributed by atoms with E-state index in [-0.39, 0.29) is 32.0 Å². The van der Waals surface area contributed by atoms with Crippen LogP contribution in [-0.4, -0.2) is 156 Å². The molecular weight excluding hydrogens is 680 g/mol. The Morgan fingerprint density at radius 3 is 0.923 bits per heavy atom. The predicted octanol–water partition coefficient (Wildman–Crippen LogP) is 5.26. The molecule has 0 aromatic rings. The van der Waals surface area contributed by atoms with Gasteiger partial charge >= 0.3 is 11.9 Å². The molecule has 0 saturated carbocycles. The minimum absolute atomic E-state index is 0.0620. The second-order valence-corrected chi connectivity index (χ2v) is 12.1. The van der Waals surface area contributed by atoms with E-state index < -0.39 is 5.97 Å². The number of aliphatic carboxylic acids is 1. The zero-order chi connectivity index (χ0) is 37.7. The van der Waals surface area contributed by atoms with Crippen LogP contribution in [-0.2, 0) is 61.7 Å². The van der Waals surface area contributed by atoms with Gasteiger partial charge in [0.1, 0.15) is 6.61 Å². The molecule has 0 aromatic heterocycles. The summed E-state index contributed by atoms with van der Waals surface area (Å²) in [7, 11) is 0. The molecule has 0 aliphatic rings. The Hall–Kier alpha value is -1.46. The Morgan fingerprint density at radius 1 is 0.327 bits per heavy atom. The third-order valence-electron chi connectivity index (χ3n) is 7.50. The fourth-order valence-corrected chi connectivity index (χ4v) is 4.61. The molecule has 1 N–H and O–H groups in total. The first-order valence-electron chi connectivity index (χ1n) is 19.8. The van der Waals surface area contributed by atoms with Gasteiger partial charge in [0, 0.05) is 19.4 Å². The van der Waals surface area contributed by atoms with Crippen molar-refractivity contribution < 1.29 is 66.8 Å². The van der Waals surface area contributed by atoms with Crippen molar-refractivity contribution in [3.05, 3.63) is 0 Å². The first-order chi connectivity index (χ1) is 25.7. The smallest absolute Gasteiger partial charge is 0.305 e. The lowest BCUT2D eigenvalue weighted by atomic mass is 10.1. The van der Waals surface area contributed by atoms with Gasteiger partial charge in [0.15, 0.2) is 0 Å². The number of ether oxygens (including phenoxy) is 11. The van der Waals surface area contributed by atoms with Crippen LogP contribution in [0.2, 0.25) is 0 Å². The molecule has 0 saturated heterocycles. The lowest BCUT2D eigenvalue weighted by Gasteiger charge is -2.09. The maximum absolute atomic E-state index is 11.5. The summed E-state index contributed by atoms with van der Waals surface area (Å²) in [6.45, 7) is 12.6. The summed E-state index contributed by atoms with van der Waals surface area (Å²) < 4.78 is 59.9. The van der Waals surface area contributed by atoms with Crippen LogP contribution in [0.15, 0.2) is 0 Å². The van der Waals surface area contributed by atoms with Crippen LogP contribution in [0.3, 0.4) is 0 Å². The van der Waals surface area contributed by atoms with Crippen molar-refractivity contribution in [2.45, 2.75) is 96.8 Å². The first kappa shape index (κ1) is 50.5. The van der Waals surface area contributed by atoms with Crippen molar-refractivity contribution in [2.24, 2.45) is 0 Å². The van der Waals surface area contributed by atoms with E-state index in [1.807, 2.05) is 0 Å². The molecule has 0 spiro atoms. The minimum Gasteiger partial charge on any atom is -0.481 e. The van der Waals surface area contributed by atoms with E-state index in [1.165, 1.54) is 57.8 Å². The Bertz CT molecular complexity index is 715. The number of carbonyl (C=O) groups excluding carboxylic acids is 1. The number of hydrogen-bond donors (Lipinski definition) is 1. The normalized spacial score (nSPS) is 11.4. The Morgan fingerprint density at radius 2 is 0.596 bits per heavy atom. The van der Waals surface area contributed by atoms with Crippen molar-refractivity contribution in [3.8, 4) is 0 Å². The van der Waals surface area contributed by atoms with E-state index in [9.17, 15) is 9.59 Å². The van der Waals surface area contributed by atoms with E-state index in [0.29, 0.717) is 132 Å². The highest BCUT2D eigenvalue weighted by molar-refractivity contribution is 5.69. The largest absolute Gasteiger partial charge is 0.481 e. The van der Waals surface area contributed by atoms with Gasteiger partial charge in [-0.25, -0.2) is 0 Å². The molecule has 0 aliphatic carbocycles. The summed E-state index contributed by atoms with van der Waals surface area (Å²) in [5.41, 5.74) is 0. The van der Waals surface area contributed by atoms with E-state index in [0.717, 1.165) is 13.0 Å². The number of carboxylic acid groups (broad SMARTS) is 1. The second kappa shape index (κ2) is 45.7. The number of hydrogen-bond acceptors (Lipinski definition) is 13. The summed E-state index contributed by atoms with van der Waals surface area (Å²) in [4.78, 5) is 21.9. The van der Waals surface area contributed by atoms with Crippen molar-refractivity contribution in [2.75, 3.05) is 139 Å². The van der Waals surface area contributed by atoms with E-state index in [1.54, 1.807) is 0 Å². The molecule has 310 valence electrons. The zero-order valence-corrected chi connectivity index (χ0v) is 32.5. The number of carbonyl (C=O) groups is 2. The van der Waals surface area contributed by atoms with Crippen LogP contribution in [0.5, 0.6) is 0 Å². The highest BCUT2D eigenvalue weighted by Crippen LogP contribution is 2.10. The lowest BCUT2D eigenvalue weighted by Crippen LogP contribution is -2.15. The van der Waals surface area contributed by atoms with Crippen LogP contribution in [0.4, 0.5) is 0 Å². The van der Waals surface area contributed by atoms with Crippen molar-refractivity contribution in [1.29, 1.82) is 0 Å². The van der Waals surface area contributed by atoms with Gasteiger partial charge in [-0.3, -0.25) is 9.59 Å². The molecular formula is C38H74O14. The van der Waals surface area contributed by atoms with Gasteiger partial charge < -0.3 is 57.2 Å². The van der Waals surface area contributed by atoms with Crippen LogP contribution in [0, 0.1) is 0 Å². The van der Waals surface area contributed by atoms with E-state index in [2.05, 4.69) is 6.92 Å². The third kappa shape index (κ3) is 46.6. The summed E-state index contributed by atoms with van der Waals surface area (Å²) >= 11 is 0. The molecule has 0 aliphatic heterocycles. The quantitative estimate of drug-likeness (QED) is 0.0634. The highest BCUT2D eigenvalue weighted by atomic mass is 16.6. The second-order valence-electron chi connectivity index (χ2n) is 12.1. The van der Waals surface area contributed by atoms with Crippen LogP contribution in [0.1, 0.15) is 96.8 Å². The maximum Gasteiger partial charge on any atom is 0.305 e. The molecule has 52 heavy (non-hydrogen) atoms. The summed E-state index contributed by atoms with van der Waals surface area (Å²) in [6.07, 6.45) is 14.6. The monoisotopic (exact) mass is 755 g/mol. The third-order valence-corrected chi connectivity index (χ3v) is 7.50. The molecule has 0 fully saturated rings. The van der Waals surface area contributed by atoms with Gasteiger partial charge in [-0.1, -0.05) is 64.7 Å². The first-order valence-corrected chi connectivity index (χ1v) is 19.8. The standard InChI is InChI=1S/C38H74O14/c1-2-3-4-5-6-7-8-9-10-13-16-42-17-18-43-19-20-44-21-22-45-23-24-46-25-26-47-27-28-48-29-30-49-31-32-50-33-34-51-35-36-52-38(41)15-12-11-14-37(39)40/h2-36H2,1H3,(H,39,40). The molecule has 0 aromatic carbocycles. The van der Waals surface area contributed by atoms with Crippen molar-refractivity contribution in [1.82, 2.24) is 0 Å². The summed E-state index contributed by atoms with van der Waals surface area (Å²) in [5.74, 6) is -1.20. The van der Waals surface area contributed by atoms with Gasteiger partial charge in [0.2, 0.25) is 0 Å². The fourth-order valence-electron chi connectivity index (χ4n) is 4.61.